The first-order valence-electron chi connectivity index (χ1n) is 14.4. The fourth-order valence-corrected chi connectivity index (χ4v) is 4.97. The zero-order valence-electron chi connectivity index (χ0n) is 21.5. The summed E-state index contributed by atoms with van der Waals surface area (Å²) in [6.07, 6.45) is 34.2. The summed E-state index contributed by atoms with van der Waals surface area (Å²) >= 11 is 4.27. The number of unbranched alkanes of at least 4 members (excludes halogenated alkanes) is 22. The Labute approximate surface area is 211 Å². The van der Waals surface area contributed by atoms with E-state index in [1.54, 1.807) is 0 Å². The molecule has 0 fully saturated rings. The van der Waals surface area contributed by atoms with Crippen LogP contribution in [-0.2, 0) is 9.59 Å². The molecule has 0 aromatic carbocycles. The summed E-state index contributed by atoms with van der Waals surface area (Å²) in [6.45, 7) is 0.585. The van der Waals surface area contributed by atoms with Crippen LogP contribution >= 0.6 is 12.6 Å². The van der Waals surface area contributed by atoms with Crippen LogP contribution in [-0.4, -0.2) is 29.0 Å². The van der Waals surface area contributed by atoms with Crippen LogP contribution in [0.3, 0.4) is 0 Å². The molecule has 1 aliphatic heterocycles. The lowest BCUT2D eigenvalue weighted by molar-refractivity contribution is -0.136. The van der Waals surface area contributed by atoms with Crippen LogP contribution in [0.2, 0.25) is 0 Å². The van der Waals surface area contributed by atoms with E-state index in [-0.39, 0.29) is 11.8 Å². The molecule has 1 aliphatic rings. The smallest absolute Gasteiger partial charge is 0.253 e. The third-order valence-electron chi connectivity index (χ3n) is 6.94. The van der Waals surface area contributed by atoms with Crippen molar-refractivity contribution in [1.82, 2.24) is 4.90 Å². The van der Waals surface area contributed by atoms with E-state index in [2.05, 4.69) is 12.6 Å². The van der Waals surface area contributed by atoms with Gasteiger partial charge in [0.1, 0.15) is 0 Å². The van der Waals surface area contributed by atoms with Crippen LogP contribution in [0.15, 0.2) is 12.2 Å². The Kier molecular flexibility index (Phi) is 21.1. The molecule has 0 saturated heterocycles. The fourth-order valence-electron chi connectivity index (χ4n) is 4.75. The summed E-state index contributed by atoms with van der Waals surface area (Å²) in [7, 11) is 0. The van der Waals surface area contributed by atoms with Gasteiger partial charge in [-0.3, -0.25) is 14.5 Å². The number of carbonyl (C=O) groups is 2. The summed E-state index contributed by atoms with van der Waals surface area (Å²) in [5, 5.41) is 0. The second-order valence-corrected chi connectivity index (χ2v) is 10.5. The van der Waals surface area contributed by atoms with Gasteiger partial charge in [-0.25, -0.2) is 0 Å². The van der Waals surface area contributed by atoms with Crippen molar-refractivity contribution in [2.45, 2.75) is 148 Å². The Hall–Kier alpha value is -0.770. The molecule has 0 spiro atoms. The highest BCUT2D eigenvalue weighted by Gasteiger charge is 2.21. The van der Waals surface area contributed by atoms with Gasteiger partial charge >= 0.3 is 0 Å². The van der Waals surface area contributed by atoms with Crippen LogP contribution < -0.4 is 0 Å². The van der Waals surface area contributed by atoms with Gasteiger partial charge in [0.15, 0.2) is 0 Å². The number of carbonyl (C=O) groups excluding carboxylic acids is 2. The number of amides is 2. The lowest BCUT2D eigenvalue weighted by Crippen LogP contribution is -2.30. The SMILES string of the molecule is O=C1C=CC(=O)N1CCCCCCCCCCCCCCCCCCCCCCCCCS. The Bertz CT molecular complexity index is 488. The molecule has 1 rings (SSSR count). The monoisotopic (exact) mass is 479 g/mol. The van der Waals surface area contributed by atoms with Crippen molar-refractivity contribution in [3.8, 4) is 0 Å². The van der Waals surface area contributed by atoms with Crippen LogP contribution in [0.25, 0.3) is 0 Å². The van der Waals surface area contributed by atoms with Gasteiger partial charge in [0, 0.05) is 18.7 Å². The predicted molar refractivity (Wildman–Crippen MR) is 146 cm³/mol. The van der Waals surface area contributed by atoms with Gasteiger partial charge in [0.2, 0.25) is 0 Å². The third kappa shape index (κ3) is 18.3. The number of hydrogen-bond donors (Lipinski definition) is 1. The number of imide groups is 1. The average Bonchev–Trinajstić information content (AvgIpc) is 3.14. The van der Waals surface area contributed by atoms with Gasteiger partial charge in [0.25, 0.3) is 11.8 Å². The highest BCUT2D eigenvalue weighted by molar-refractivity contribution is 7.80. The summed E-state index contributed by atoms with van der Waals surface area (Å²) in [5.41, 5.74) is 0. The predicted octanol–water partition coefficient (Wildman–Crippen LogP) is 8.81. The zero-order chi connectivity index (χ0) is 23.8. The van der Waals surface area contributed by atoms with Gasteiger partial charge in [0.05, 0.1) is 0 Å². The van der Waals surface area contributed by atoms with E-state index in [1.165, 1.54) is 152 Å². The van der Waals surface area contributed by atoms with Crippen molar-refractivity contribution < 1.29 is 9.59 Å². The number of thiol groups is 1. The average molecular weight is 480 g/mol. The molecule has 1 heterocycles. The van der Waals surface area contributed by atoms with Crippen molar-refractivity contribution in [3.05, 3.63) is 12.2 Å². The van der Waals surface area contributed by atoms with E-state index in [0.717, 1.165) is 18.6 Å². The maximum absolute atomic E-state index is 11.5. The van der Waals surface area contributed by atoms with Crippen molar-refractivity contribution in [3.63, 3.8) is 0 Å². The molecule has 0 N–H and O–H groups in total. The van der Waals surface area contributed by atoms with E-state index < -0.39 is 0 Å². The van der Waals surface area contributed by atoms with Gasteiger partial charge < -0.3 is 0 Å². The standard InChI is InChI=1S/C29H53NO2S/c31-28-24-25-29(32)30(28)26-22-20-18-16-14-12-10-8-6-4-2-1-3-5-7-9-11-13-15-17-19-21-23-27-33/h24-25,33H,1-23,26-27H2. The lowest BCUT2D eigenvalue weighted by Gasteiger charge is -2.12. The molecule has 0 aromatic rings. The van der Waals surface area contributed by atoms with Gasteiger partial charge in [-0.05, 0) is 18.6 Å². The van der Waals surface area contributed by atoms with Gasteiger partial charge in [-0.1, -0.05) is 135 Å². The quantitative estimate of drug-likeness (QED) is 0.0806. The van der Waals surface area contributed by atoms with Crippen molar-refractivity contribution in [1.29, 1.82) is 0 Å². The molecule has 2 amide bonds. The van der Waals surface area contributed by atoms with Crippen molar-refractivity contribution in [2.24, 2.45) is 0 Å². The van der Waals surface area contributed by atoms with Crippen molar-refractivity contribution in [2.75, 3.05) is 12.3 Å². The summed E-state index contributed by atoms with van der Waals surface area (Å²) in [6, 6.07) is 0. The molecule has 0 atom stereocenters. The minimum Gasteiger partial charge on any atom is -0.275 e. The molecule has 3 nitrogen and oxygen atoms in total. The summed E-state index contributed by atoms with van der Waals surface area (Å²) in [4.78, 5) is 24.3. The molecular weight excluding hydrogens is 426 g/mol. The minimum absolute atomic E-state index is 0.146. The first kappa shape index (κ1) is 30.3. The van der Waals surface area contributed by atoms with E-state index >= 15 is 0 Å². The molecule has 0 unspecified atom stereocenters. The molecule has 0 radical (unpaired) electrons. The van der Waals surface area contributed by atoms with Crippen LogP contribution in [0.5, 0.6) is 0 Å². The van der Waals surface area contributed by atoms with Crippen LogP contribution in [0.1, 0.15) is 148 Å². The molecule has 192 valence electrons. The maximum Gasteiger partial charge on any atom is 0.253 e. The number of nitrogens with zero attached hydrogens (tertiary/aromatic N) is 1. The highest BCUT2D eigenvalue weighted by Crippen LogP contribution is 2.16. The molecule has 4 heteroatoms. The lowest BCUT2D eigenvalue weighted by atomic mass is 10.0. The van der Waals surface area contributed by atoms with Gasteiger partial charge in [-0.15, -0.1) is 0 Å². The molecule has 0 bridgehead atoms. The second-order valence-electron chi connectivity index (χ2n) is 10.0. The molecule has 0 saturated carbocycles. The molecule has 0 aromatic heterocycles. The Morgan fingerprint density at radius 1 is 0.424 bits per heavy atom. The summed E-state index contributed by atoms with van der Waals surface area (Å²) in [5.74, 6) is 0.761. The Balaban J connectivity index is 1.66. The third-order valence-corrected chi connectivity index (χ3v) is 7.26. The maximum atomic E-state index is 11.5. The topological polar surface area (TPSA) is 37.4 Å². The largest absolute Gasteiger partial charge is 0.275 e. The van der Waals surface area contributed by atoms with E-state index in [9.17, 15) is 9.59 Å². The van der Waals surface area contributed by atoms with E-state index in [1.807, 2.05) is 0 Å². The Morgan fingerprint density at radius 2 is 0.667 bits per heavy atom. The van der Waals surface area contributed by atoms with Crippen LogP contribution in [0, 0.1) is 0 Å². The first-order chi connectivity index (χ1) is 16.3. The molecule has 33 heavy (non-hydrogen) atoms. The van der Waals surface area contributed by atoms with Crippen LogP contribution in [0.4, 0.5) is 0 Å². The minimum atomic E-state index is -0.146. The van der Waals surface area contributed by atoms with Gasteiger partial charge in [-0.2, -0.15) is 12.6 Å². The number of rotatable bonds is 25. The second kappa shape index (κ2) is 23.0. The normalized spacial score (nSPS) is 13.5. The van der Waals surface area contributed by atoms with E-state index in [0.29, 0.717) is 6.54 Å². The number of hydrogen-bond acceptors (Lipinski definition) is 3. The zero-order valence-corrected chi connectivity index (χ0v) is 22.4. The Morgan fingerprint density at radius 3 is 0.939 bits per heavy atom. The fraction of sp³-hybridized carbons (Fsp3) is 0.862. The molecule has 0 aliphatic carbocycles. The first-order valence-corrected chi connectivity index (χ1v) is 15.0. The highest BCUT2D eigenvalue weighted by atomic mass is 32.1. The summed E-state index contributed by atoms with van der Waals surface area (Å²) < 4.78 is 0. The van der Waals surface area contributed by atoms with Crippen molar-refractivity contribution >= 4 is 24.4 Å². The molecular formula is C29H53NO2S. The van der Waals surface area contributed by atoms with E-state index in [4.69, 9.17) is 0 Å².